The van der Waals surface area contributed by atoms with E-state index in [9.17, 15) is 18.4 Å². The van der Waals surface area contributed by atoms with E-state index in [4.69, 9.17) is 9.26 Å². The van der Waals surface area contributed by atoms with E-state index in [2.05, 4.69) is 10.1 Å². The molecule has 0 N–H and O–H groups in total. The number of nitrogens with zero attached hydrogens (tertiary/aromatic N) is 3. The van der Waals surface area contributed by atoms with Crippen molar-refractivity contribution >= 4 is 33.4 Å². The first-order valence-corrected chi connectivity index (χ1v) is 8.37. The molecule has 2 heterocycles. The molecule has 10 heteroatoms. The van der Waals surface area contributed by atoms with Gasteiger partial charge in [0.2, 0.25) is 0 Å². The maximum Gasteiger partial charge on any atom is 0.326 e. The number of amides is 1. The minimum Gasteiger partial charge on any atom is -0.465 e. The van der Waals surface area contributed by atoms with Gasteiger partial charge in [-0.3, -0.25) is 9.59 Å². The van der Waals surface area contributed by atoms with E-state index >= 15 is 0 Å². The minimum absolute atomic E-state index is 0.0169. The monoisotopic (exact) mass is 381 g/mol. The number of ether oxygens (including phenoxy) is 1. The normalized spacial score (nSPS) is 11.9. The summed E-state index contributed by atoms with van der Waals surface area (Å²) in [6, 6.07) is 3.20. The molecule has 7 nitrogen and oxygen atoms in total. The third kappa shape index (κ3) is 3.54. The molecule has 0 saturated carbocycles. The predicted molar refractivity (Wildman–Crippen MR) is 87.5 cm³/mol. The van der Waals surface area contributed by atoms with Gasteiger partial charge in [-0.25, -0.2) is 8.78 Å². The number of esters is 1. The van der Waals surface area contributed by atoms with E-state index in [0.717, 1.165) is 17.4 Å². The van der Waals surface area contributed by atoms with Crippen molar-refractivity contribution in [2.75, 3.05) is 6.61 Å². The number of benzene rings is 1. The summed E-state index contributed by atoms with van der Waals surface area (Å²) in [7, 11) is 0. The number of halogens is 2. The van der Waals surface area contributed by atoms with Crippen LogP contribution in [-0.4, -0.2) is 28.2 Å². The molecule has 3 aromatic rings. The Morgan fingerprint density at radius 2 is 2.12 bits per heavy atom. The van der Waals surface area contributed by atoms with Crippen molar-refractivity contribution in [3.8, 4) is 0 Å². The number of rotatable bonds is 4. The minimum atomic E-state index is -0.869. The molecule has 26 heavy (non-hydrogen) atoms. The molecule has 0 bridgehead atoms. The van der Waals surface area contributed by atoms with Crippen molar-refractivity contribution in [2.24, 2.45) is 4.99 Å². The van der Waals surface area contributed by atoms with Gasteiger partial charge < -0.3 is 13.8 Å². The molecule has 136 valence electrons. The number of hydrogen-bond acceptors (Lipinski definition) is 6. The zero-order chi connectivity index (χ0) is 18.8. The van der Waals surface area contributed by atoms with Gasteiger partial charge in [-0.15, -0.1) is 0 Å². The summed E-state index contributed by atoms with van der Waals surface area (Å²) in [4.78, 5) is 28.0. The lowest BCUT2D eigenvalue weighted by atomic mass is 10.3. The fourth-order valence-electron chi connectivity index (χ4n) is 2.31. The van der Waals surface area contributed by atoms with Crippen LogP contribution in [0.2, 0.25) is 0 Å². The molecular weight excluding hydrogens is 368 g/mol. The summed E-state index contributed by atoms with van der Waals surface area (Å²) in [6.45, 7) is 3.01. The summed E-state index contributed by atoms with van der Waals surface area (Å²) in [6.07, 6.45) is 0. The quantitative estimate of drug-likeness (QED) is 0.649. The van der Waals surface area contributed by atoms with Gasteiger partial charge in [0.1, 0.15) is 18.1 Å². The Labute approximate surface area is 149 Å². The first-order valence-electron chi connectivity index (χ1n) is 7.55. The molecule has 1 amide bonds. The van der Waals surface area contributed by atoms with E-state index in [1.807, 2.05) is 0 Å². The van der Waals surface area contributed by atoms with Crippen LogP contribution in [0.25, 0.3) is 10.2 Å². The summed E-state index contributed by atoms with van der Waals surface area (Å²) < 4.78 is 38.8. The van der Waals surface area contributed by atoms with Gasteiger partial charge in [0, 0.05) is 12.1 Å². The topological polar surface area (TPSA) is 86.7 Å². The smallest absolute Gasteiger partial charge is 0.326 e. The Kier molecular flexibility index (Phi) is 4.94. The van der Waals surface area contributed by atoms with E-state index in [0.29, 0.717) is 11.8 Å². The van der Waals surface area contributed by atoms with Crippen LogP contribution >= 0.6 is 11.3 Å². The van der Waals surface area contributed by atoms with Gasteiger partial charge in [-0.05, 0) is 19.9 Å². The average Bonchev–Trinajstić information content (AvgIpc) is 3.12. The molecule has 1 aromatic carbocycles. The van der Waals surface area contributed by atoms with E-state index in [1.54, 1.807) is 13.8 Å². The molecule has 0 unspecified atom stereocenters. The average molecular weight is 381 g/mol. The maximum absolute atomic E-state index is 14.3. The second-order valence-electron chi connectivity index (χ2n) is 5.25. The van der Waals surface area contributed by atoms with Crippen molar-refractivity contribution in [3.05, 3.63) is 46.1 Å². The van der Waals surface area contributed by atoms with Crippen molar-refractivity contribution in [3.63, 3.8) is 0 Å². The Balaban J connectivity index is 2.16. The number of hydrogen-bond donors (Lipinski definition) is 0. The van der Waals surface area contributed by atoms with Crippen molar-refractivity contribution in [1.82, 2.24) is 9.72 Å². The molecule has 0 atom stereocenters. The molecule has 0 fully saturated rings. The second-order valence-corrected chi connectivity index (χ2v) is 6.26. The van der Waals surface area contributed by atoms with Crippen LogP contribution in [0.4, 0.5) is 8.78 Å². The lowest BCUT2D eigenvalue weighted by molar-refractivity contribution is -0.143. The predicted octanol–water partition coefficient (Wildman–Crippen LogP) is 2.58. The molecule has 2 aromatic heterocycles. The number of fused-ring (bicyclic) bond motifs is 1. The van der Waals surface area contributed by atoms with Gasteiger partial charge >= 0.3 is 11.9 Å². The molecule has 0 aliphatic rings. The highest BCUT2D eigenvalue weighted by molar-refractivity contribution is 7.16. The van der Waals surface area contributed by atoms with Crippen molar-refractivity contribution < 1.29 is 27.6 Å². The standard InChI is InChI=1S/C16H13F2N3O4S/c1-3-24-13(22)7-21-14-10(18)5-9(17)6-12(14)26-16(21)19-15(23)11-4-8(2)25-20-11/h4-6H,3,7H2,1-2H3. The zero-order valence-electron chi connectivity index (χ0n) is 13.8. The van der Waals surface area contributed by atoms with Gasteiger partial charge in [0.15, 0.2) is 16.3 Å². The summed E-state index contributed by atoms with van der Waals surface area (Å²) >= 11 is 0.871. The Morgan fingerprint density at radius 1 is 1.35 bits per heavy atom. The molecule has 3 rings (SSSR count). The maximum atomic E-state index is 14.3. The molecule has 0 aliphatic heterocycles. The molecule has 0 saturated heterocycles. The summed E-state index contributed by atoms with van der Waals surface area (Å²) in [5, 5.41) is 3.57. The lowest BCUT2D eigenvalue weighted by Gasteiger charge is -2.05. The third-order valence-electron chi connectivity index (χ3n) is 3.33. The van der Waals surface area contributed by atoms with E-state index in [-0.39, 0.29) is 33.9 Å². The zero-order valence-corrected chi connectivity index (χ0v) is 14.6. The first kappa shape index (κ1) is 17.9. The molecule has 0 radical (unpaired) electrons. The first-order chi connectivity index (χ1) is 12.4. The highest BCUT2D eigenvalue weighted by Gasteiger charge is 2.18. The van der Waals surface area contributed by atoms with Crippen LogP contribution in [-0.2, 0) is 16.1 Å². The van der Waals surface area contributed by atoms with Crippen molar-refractivity contribution in [1.29, 1.82) is 0 Å². The van der Waals surface area contributed by atoms with Gasteiger partial charge in [-0.1, -0.05) is 16.5 Å². The van der Waals surface area contributed by atoms with Crippen LogP contribution in [0.15, 0.2) is 27.7 Å². The third-order valence-corrected chi connectivity index (χ3v) is 4.36. The summed E-state index contributed by atoms with van der Waals surface area (Å²) in [5.74, 6) is -2.59. The number of aromatic nitrogens is 2. The SMILES string of the molecule is CCOC(=O)Cn1c(=NC(=O)c2cc(C)on2)sc2cc(F)cc(F)c21. The number of aryl methyl sites for hydroxylation is 1. The van der Waals surface area contributed by atoms with Gasteiger partial charge in [-0.2, -0.15) is 4.99 Å². The largest absolute Gasteiger partial charge is 0.465 e. The summed E-state index contributed by atoms with van der Waals surface area (Å²) in [5.41, 5.74) is -0.0679. The second kappa shape index (κ2) is 7.16. The van der Waals surface area contributed by atoms with Gasteiger partial charge in [0.05, 0.1) is 16.8 Å². The van der Waals surface area contributed by atoms with Crippen LogP contribution in [0, 0.1) is 18.6 Å². The highest BCUT2D eigenvalue weighted by Crippen LogP contribution is 2.22. The highest BCUT2D eigenvalue weighted by atomic mass is 32.1. The van der Waals surface area contributed by atoms with E-state index in [1.165, 1.54) is 10.6 Å². The fraction of sp³-hybridized carbons (Fsp3) is 0.250. The molecular formula is C16H13F2N3O4S. The molecule has 0 aliphatic carbocycles. The van der Waals surface area contributed by atoms with E-state index < -0.39 is 23.5 Å². The van der Waals surface area contributed by atoms with Crippen molar-refractivity contribution in [2.45, 2.75) is 20.4 Å². The molecule has 0 spiro atoms. The van der Waals surface area contributed by atoms with Crippen LogP contribution in [0.3, 0.4) is 0 Å². The fourth-order valence-corrected chi connectivity index (χ4v) is 3.38. The number of thiazole rings is 1. The Morgan fingerprint density at radius 3 is 2.77 bits per heavy atom. The number of carbonyl (C=O) groups excluding carboxylic acids is 2. The Bertz CT molecular complexity index is 1070. The van der Waals surface area contributed by atoms with Crippen LogP contribution in [0.1, 0.15) is 23.2 Å². The van der Waals surface area contributed by atoms with Crippen LogP contribution in [0.5, 0.6) is 0 Å². The van der Waals surface area contributed by atoms with Gasteiger partial charge in [0.25, 0.3) is 0 Å². The lowest BCUT2D eigenvalue weighted by Crippen LogP contribution is -2.23. The Hall–Kier alpha value is -2.88. The number of carbonyl (C=O) groups is 2. The van der Waals surface area contributed by atoms with Crippen LogP contribution < -0.4 is 4.80 Å².